The highest BCUT2D eigenvalue weighted by Gasteiger charge is 2.14. The van der Waals surface area contributed by atoms with Crippen molar-refractivity contribution in [3.63, 3.8) is 0 Å². The minimum atomic E-state index is -0.852. The summed E-state index contributed by atoms with van der Waals surface area (Å²) in [4.78, 5) is 17.3. The topological polar surface area (TPSA) is 71.1 Å². The average molecular weight is 296 g/mol. The molecule has 0 bridgehead atoms. The molecule has 21 heavy (non-hydrogen) atoms. The number of H-pyrrole nitrogens is 1. The summed E-state index contributed by atoms with van der Waals surface area (Å²) in [5.74, 6) is -0.988. The highest BCUT2D eigenvalue weighted by molar-refractivity contribution is 5.77. The Balaban J connectivity index is 1.89. The Morgan fingerprint density at radius 1 is 1.43 bits per heavy atom. The highest BCUT2D eigenvalue weighted by Crippen LogP contribution is 2.17. The van der Waals surface area contributed by atoms with E-state index in [0.29, 0.717) is 17.7 Å². The van der Waals surface area contributed by atoms with Crippen molar-refractivity contribution >= 4 is 5.91 Å². The molecule has 0 fully saturated rings. The Bertz CT molecular complexity index is 645. The van der Waals surface area contributed by atoms with Gasteiger partial charge in [-0.3, -0.25) is 9.89 Å². The number of halogens is 2. The van der Waals surface area contributed by atoms with Gasteiger partial charge < -0.3 is 9.64 Å². The number of nitrogens with one attached hydrogen (secondary N) is 1. The number of aromatic amines is 1. The molecule has 8 heteroatoms. The van der Waals surface area contributed by atoms with Crippen LogP contribution in [0.1, 0.15) is 11.6 Å². The molecule has 0 saturated carbocycles. The number of aromatic nitrogens is 3. The lowest BCUT2D eigenvalue weighted by Gasteiger charge is -2.15. The first-order valence-corrected chi connectivity index (χ1v) is 6.15. The van der Waals surface area contributed by atoms with Gasteiger partial charge in [-0.15, -0.1) is 0 Å². The van der Waals surface area contributed by atoms with E-state index in [0.717, 1.165) is 12.1 Å². The van der Waals surface area contributed by atoms with Gasteiger partial charge in [0.1, 0.15) is 11.6 Å². The predicted molar refractivity (Wildman–Crippen MR) is 69.4 cm³/mol. The van der Waals surface area contributed by atoms with Crippen molar-refractivity contribution in [2.75, 3.05) is 13.7 Å². The second-order valence-corrected chi connectivity index (χ2v) is 4.45. The number of amides is 1. The van der Waals surface area contributed by atoms with Gasteiger partial charge in [0.25, 0.3) is 5.91 Å². The average Bonchev–Trinajstić information content (AvgIpc) is 2.82. The van der Waals surface area contributed by atoms with E-state index in [9.17, 15) is 13.6 Å². The second-order valence-electron chi connectivity index (χ2n) is 4.45. The molecule has 0 spiro atoms. The quantitative estimate of drug-likeness (QED) is 0.906. The molecule has 0 unspecified atom stereocenters. The number of ether oxygens (including phenoxy) is 1. The molecular weight excluding hydrogens is 282 g/mol. The summed E-state index contributed by atoms with van der Waals surface area (Å²) in [5.41, 5.74) is 0. The molecule has 0 saturated heterocycles. The number of carbonyl (C=O) groups is 1. The normalized spacial score (nSPS) is 10.5. The molecule has 1 N–H and O–H groups in total. The molecule has 2 aromatic rings. The van der Waals surface area contributed by atoms with Crippen LogP contribution in [0.25, 0.3) is 0 Å². The Labute approximate surface area is 119 Å². The van der Waals surface area contributed by atoms with Gasteiger partial charge in [0.15, 0.2) is 24.0 Å². The Morgan fingerprint density at radius 3 is 2.81 bits per heavy atom. The van der Waals surface area contributed by atoms with E-state index >= 15 is 0 Å². The fourth-order valence-electron chi connectivity index (χ4n) is 1.60. The van der Waals surface area contributed by atoms with Crippen LogP contribution in [0.2, 0.25) is 0 Å². The van der Waals surface area contributed by atoms with Gasteiger partial charge in [-0.05, 0) is 19.1 Å². The standard InChI is InChI=1S/C13H14F2N4O2/c1-8-16-12(18-17-8)6-19(2)13(20)7-21-11-4-3-9(14)5-10(11)15/h3-5H,6-7H2,1-2H3,(H,16,17,18). The smallest absolute Gasteiger partial charge is 0.260 e. The number of hydrogen-bond donors (Lipinski definition) is 1. The number of nitrogens with zero attached hydrogens (tertiary/aromatic N) is 3. The number of likely N-dealkylation sites (N-methyl/N-ethyl adjacent to an activating group) is 1. The molecule has 1 aromatic heterocycles. The van der Waals surface area contributed by atoms with E-state index in [2.05, 4.69) is 15.2 Å². The predicted octanol–water partition coefficient (Wildman–Crippen LogP) is 1.43. The van der Waals surface area contributed by atoms with Crippen molar-refractivity contribution in [3.05, 3.63) is 41.5 Å². The van der Waals surface area contributed by atoms with Crippen molar-refractivity contribution < 1.29 is 18.3 Å². The van der Waals surface area contributed by atoms with Crippen molar-refractivity contribution in [3.8, 4) is 5.75 Å². The third kappa shape index (κ3) is 3.98. The monoisotopic (exact) mass is 296 g/mol. The first-order chi connectivity index (χ1) is 9.95. The highest BCUT2D eigenvalue weighted by atomic mass is 19.1. The van der Waals surface area contributed by atoms with Gasteiger partial charge in [0.2, 0.25) is 0 Å². The van der Waals surface area contributed by atoms with Gasteiger partial charge in [-0.25, -0.2) is 13.8 Å². The van der Waals surface area contributed by atoms with Gasteiger partial charge in [-0.2, -0.15) is 5.10 Å². The lowest BCUT2D eigenvalue weighted by molar-refractivity contribution is -0.132. The summed E-state index contributed by atoms with van der Waals surface area (Å²) < 4.78 is 31.1. The molecule has 0 radical (unpaired) electrons. The minimum Gasteiger partial charge on any atom is -0.481 e. The van der Waals surface area contributed by atoms with Crippen molar-refractivity contribution in [1.82, 2.24) is 20.1 Å². The Morgan fingerprint density at radius 2 is 2.19 bits per heavy atom. The van der Waals surface area contributed by atoms with Gasteiger partial charge in [-0.1, -0.05) is 0 Å². The summed E-state index contributed by atoms with van der Waals surface area (Å²) >= 11 is 0. The van der Waals surface area contributed by atoms with Crippen LogP contribution in [0.5, 0.6) is 5.75 Å². The summed E-state index contributed by atoms with van der Waals surface area (Å²) in [6.07, 6.45) is 0. The zero-order valence-corrected chi connectivity index (χ0v) is 11.6. The zero-order valence-electron chi connectivity index (χ0n) is 11.6. The molecular formula is C13H14F2N4O2. The maximum absolute atomic E-state index is 13.3. The van der Waals surface area contributed by atoms with Crippen LogP contribution >= 0.6 is 0 Å². The van der Waals surface area contributed by atoms with Crippen molar-refractivity contribution in [2.24, 2.45) is 0 Å². The first kappa shape index (κ1) is 14.9. The van der Waals surface area contributed by atoms with Crippen LogP contribution in [0, 0.1) is 18.6 Å². The number of carbonyl (C=O) groups excluding carboxylic acids is 1. The van der Waals surface area contributed by atoms with Crippen molar-refractivity contribution in [2.45, 2.75) is 13.5 Å². The van der Waals surface area contributed by atoms with E-state index in [1.165, 1.54) is 4.90 Å². The number of rotatable bonds is 5. The van der Waals surface area contributed by atoms with Crippen LogP contribution in [0.4, 0.5) is 8.78 Å². The fourth-order valence-corrected chi connectivity index (χ4v) is 1.60. The molecule has 1 aromatic carbocycles. The number of aryl methyl sites for hydroxylation is 1. The number of benzene rings is 1. The third-order valence-electron chi connectivity index (χ3n) is 2.69. The molecule has 0 aliphatic heterocycles. The summed E-state index contributed by atoms with van der Waals surface area (Å²) in [6.45, 7) is 1.60. The second kappa shape index (κ2) is 6.29. The van der Waals surface area contributed by atoms with E-state index < -0.39 is 11.6 Å². The number of hydrogen-bond acceptors (Lipinski definition) is 4. The summed E-state index contributed by atoms with van der Waals surface area (Å²) in [6, 6.07) is 2.89. The molecule has 1 amide bonds. The molecule has 2 rings (SSSR count). The maximum Gasteiger partial charge on any atom is 0.260 e. The van der Waals surface area contributed by atoms with Crippen LogP contribution in [-0.4, -0.2) is 39.6 Å². The third-order valence-corrected chi connectivity index (χ3v) is 2.69. The fraction of sp³-hybridized carbons (Fsp3) is 0.308. The van der Waals surface area contributed by atoms with Crippen LogP contribution in [-0.2, 0) is 11.3 Å². The summed E-state index contributed by atoms with van der Waals surface area (Å²) in [5, 5.41) is 6.58. The lowest BCUT2D eigenvalue weighted by atomic mass is 10.3. The molecule has 6 nitrogen and oxygen atoms in total. The van der Waals surface area contributed by atoms with Crippen LogP contribution in [0.3, 0.4) is 0 Å². The van der Waals surface area contributed by atoms with E-state index in [1.807, 2.05) is 0 Å². The van der Waals surface area contributed by atoms with E-state index in [-0.39, 0.29) is 24.8 Å². The van der Waals surface area contributed by atoms with Gasteiger partial charge in [0, 0.05) is 13.1 Å². The van der Waals surface area contributed by atoms with Crippen LogP contribution in [0.15, 0.2) is 18.2 Å². The zero-order chi connectivity index (χ0) is 15.4. The van der Waals surface area contributed by atoms with Gasteiger partial charge in [0.05, 0.1) is 6.54 Å². The minimum absolute atomic E-state index is 0.174. The Kier molecular flexibility index (Phi) is 4.46. The molecule has 0 aliphatic rings. The lowest BCUT2D eigenvalue weighted by Crippen LogP contribution is -2.31. The SMILES string of the molecule is Cc1nc(CN(C)C(=O)COc2ccc(F)cc2F)n[nH]1. The molecule has 1 heterocycles. The van der Waals surface area contributed by atoms with Crippen LogP contribution < -0.4 is 4.74 Å². The van der Waals surface area contributed by atoms with E-state index in [4.69, 9.17) is 4.74 Å². The maximum atomic E-state index is 13.3. The molecule has 112 valence electrons. The molecule has 0 atom stereocenters. The largest absolute Gasteiger partial charge is 0.481 e. The van der Waals surface area contributed by atoms with Crippen molar-refractivity contribution in [1.29, 1.82) is 0 Å². The van der Waals surface area contributed by atoms with Gasteiger partial charge >= 0.3 is 0 Å². The summed E-state index contributed by atoms with van der Waals surface area (Å²) in [7, 11) is 1.55. The Hall–Kier alpha value is -2.51. The first-order valence-electron chi connectivity index (χ1n) is 6.15. The van der Waals surface area contributed by atoms with E-state index in [1.54, 1.807) is 14.0 Å². The molecule has 0 aliphatic carbocycles.